The lowest BCUT2D eigenvalue weighted by Gasteiger charge is -2.32. The Morgan fingerprint density at radius 1 is 1.23 bits per heavy atom. The van der Waals surface area contributed by atoms with Crippen molar-refractivity contribution >= 4 is 15.9 Å². The van der Waals surface area contributed by atoms with Crippen molar-refractivity contribution < 1.29 is 13.2 Å². The van der Waals surface area contributed by atoms with Crippen molar-refractivity contribution in [2.24, 2.45) is 5.92 Å². The van der Waals surface area contributed by atoms with E-state index >= 15 is 0 Å². The van der Waals surface area contributed by atoms with Gasteiger partial charge in [0.05, 0.1) is 5.75 Å². The fourth-order valence-electron chi connectivity index (χ4n) is 2.69. The number of hydrogen-bond acceptors (Lipinski definition) is 3. The van der Waals surface area contributed by atoms with E-state index in [9.17, 15) is 13.2 Å². The third-order valence-corrected chi connectivity index (χ3v) is 5.54. The van der Waals surface area contributed by atoms with Crippen LogP contribution in [-0.2, 0) is 10.0 Å². The Labute approximate surface area is 132 Å². The van der Waals surface area contributed by atoms with Gasteiger partial charge in [-0.1, -0.05) is 25.1 Å². The number of amides is 1. The third kappa shape index (κ3) is 4.81. The highest BCUT2D eigenvalue weighted by Gasteiger charge is 2.24. The van der Waals surface area contributed by atoms with E-state index in [4.69, 9.17) is 0 Å². The van der Waals surface area contributed by atoms with E-state index in [1.54, 1.807) is 0 Å². The second kappa shape index (κ2) is 7.74. The number of nitrogens with zero attached hydrogens (tertiary/aromatic N) is 1. The number of carbonyl (C=O) groups is 1. The second-order valence-electron chi connectivity index (χ2n) is 5.77. The SMILES string of the molecule is CCCS(=O)(=O)NCC1CCN(C(=O)c2ccccc2)CC1. The Hall–Kier alpha value is -1.40. The van der Waals surface area contributed by atoms with Gasteiger partial charge in [-0.3, -0.25) is 4.79 Å². The van der Waals surface area contributed by atoms with Crippen molar-refractivity contribution in [2.75, 3.05) is 25.4 Å². The van der Waals surface area contributed by atoms with E-state index in [0.717, 1.165) is 12.8 Å². The van der Waals surface area contributed by atoms with Crippen LogP contribution in [0, 0.1) is 5.92 Å². The molecule has 0 spiro atoms. The molecule has 1 aliphatic rings. The Morgan fingerprint density at radius 2 is 1.86 bits per heavy atom. The summed E-state index contributed by atoms with van der Waals surface area (Å²) in [4.78, 5) is 14.2. The highest BCUT2D eigenvalue weighted by atomic mass is 32.2. The zero-order valence-corrected chi connectivity index (χ0v) is 13.8. The molecule has 0 radical (unpaired) electrons. The van der Waals surface area contributed by atoms with Crippen LogP contribution in [-0.4, -0.2) is 44.6 Å². The average Bonchev–Trinajstić information content (AvgIpc) is 2.54. The van der Waals surface area contributed by atoms with Gasteiger partial charge in [0.2, 0.25) is 10.0 Å². The molecule has 0 unspecified atom stereocenters. The molecule has 1 saturated heterocycles. The lowest BCUT2D eigenvalue weighted by atomic mass is 9.96. The molecule has 1 heterocycles. The van der Waals surface area contributed by atoms with Crippen LogP contribution >= 0.6 is 0 Å². The predicted molar refractivity (Wildman–Crippen MR) is 87.2 cm³/mol. The highest BCUT2D eigenvalue weighted by molar-refractivity contribution is 7.89. The summed E-state index contributed by atoms with van der Waals surface area (Å²) in [5.41, 5.74) is 0.713. The van der Waals surface area contributed by atoms with E-state index in [1.807, 2.05) is 42.2 Å². The van der Waals surface area contributed by atoms with E-state index in [2.05, 4.69) is 4.72 Å². The van der Waals surface area contributed by atoms with Crippen LogP contribution in [0.2, 0.25) is 0 Å². The quantitative estimate of drug-likeness (QED) is 0.868. The van der Waals surface area contributed by atoms with Gasteiger partial charge in [-0.25, -0.2) is 13.1 Å². The lowest BCUT2D eigenvalue weighted by molar-refractivity contribution is 0.0692. The maximum Gasteiger partial charge on any atom is 0.253 e. The first kappa shape index (κ1) is 17.0. The van der Waals surface area contributed by atoms with Crippen LogP contribution in [0.25, 0.3) is 0 Å². The summed E-state index contributed by atoms with van der Waals surface area (Å²) in [5.74, 6) is 0.551. The summed E-state index contributed by atoms with van der Waals surface area (Å²) in [6.45, 7) is 3.71. The summed E-state index contributed by atoms with van der Waals surface area (Å²) in [5, 5.41) is 0. The van der Waals surface area contributed by atoms with Crippen LogP contribution in [0.1, 0.15) is 36.5 Å². The number of rotatable bonds is 6. The fourth-order valence-corrected chi connectivity index (χ4v) is 3.86. The van der Waals surface area contributed by atoms with E-state index in [0.29, 0.717) is 37.5 Å². The van der Waals surface area contributed by atoms with Gasteiger partial charge in [0.1, 0.15) is 0 Å². The summed E-state index contributed by atoms with van der Waals surface area (Å²) in [7, 11) is -3.13. The molecule has 1 aromatic carbocycles. The first-order valence-electron chi connectivity index (χ1n) is 7.83. The van der Waals surface area contributed by atoms with Crippen LogP contribution in [0.4, 0.5) is 0 Å². The topological polar surface area (TPSA) is 66.5 Å². The molecule has 5 nitrogen and oxygen atoms in total. The Morgan fingerprint density at radius 3 is 2.45 bits per heavy atom. The number of carbonyl (C=O) groups excluding carboxylic acids is 1. The second-order valence-corrected chi connectivity index (χ2v) is 7.70. The fraction of sp³-hybridized carbons (Fsp3) is 0.562. The molecule has 22 heavy (non-hydrogen) atoms. The standard InChI is InChI=1S/C16H24N2O3S/c1-2-12-22(20,21)17-13-14-8-10-18(11-9-14)16(19)15-6-4-3-5-7-15/h3-7,14,17H,2,8-13H2,1H3. The molecule has 1 amide bonds. The monoisotopic (exact) mass is 324 g/mol. The number of likely N-dealkylation sites (tertiary alicyclic amines) is 1. The van der Waals surface area contributed by atoms with Gasteiger partial charge >= 0.3 is 0 Å². The van der Waals surface area contributed by atoms with Gasteiger partial charge < -0.3 is 4.90 Å². The predicted octanol–water partition coefficient (Wildman–Crippen LogP) is 1.87. The minimum Gasteiger partial charge on any atom is -0.339 e. The molecule has 1 fully saturated rings. The van der Waals surface area contributed by atoms with Crippen molar-refractivity contribution in [3.63, 3.8) is 0 Å². The van der Waals surface area contributed by atoms with Gasteiger partial charge in [0, 0.05) is 25.2 Å². The molecule has 122 valence electrons. The molecule has 0 aliphatic carbocycles. The molecule has 1 N–H and O–H groups in total. The minimum atomic E-state index is -3.13. The molecule has 6 heteroatoms. The first-order chi connectivity index (χ1) is 10.5. The molecular formula is C16H24N2O3S. The summed E-state index contributed by atoms with van der Waals surface area (Å²) in [6, 6.07) is 9.27. The highest BCUT2D eigenvalue weighted by Crippen LogP contribution is 2.18. The van der Waals surface area contributed by atoms with E-state index in [1.165, 1.54) is 0 Å². The summed E-state index contributed by atoms with van der Waals surface area (Å²) < 4.78 is 26.0. The van der Waals surface area contributed by atoms with Crippen molar-refractivity contribution in [3.8, 4) is 0 Å². The maximum absolute atomic E-state index is 12.3. The Balaban J connectivity index is 1.80. The normalized spacial score (nSPS) is 16.7. The Bertz CT molecular complexity index is 579. The number of piperidine rings is 1. The lowest BCUT2D eigenvalue weighted by Crippen LogP contribution is -2.41. The average molecular weight is 324 g/mol. The van der Waals surface area contributed by atoms with E-state index in [-0.39, 0.29) is 11.7 Å². The van der Waals surface area contributed by atoms with Gasteiger partial charge in [-0.2, -0.15) is 0 Å². The first-order valence-corrected chi connectivity index (χ1v) is 9.48. The van der Waals surface area contributed by atoms with Crippen LogP contribution in [0.5, 0.6) is 0 Å². The van der Waals surface area contributed by atoms with Crippen molar-refractivity contribution in [3.05, 3.63) is 35.9 Å². The smallest absolute Gasteiger partial charge is 0.253 e. The summed E-state index contributed by atoms with van der Waals surface area (Å²) >= 11 is 0. The van der Waals surface area contributed by atoms with E-state index < -0.39 is 10.0 Å². The summed E-state index contributed by atoms with van der Waals surface area (Å²) in [6.07, 6.45) is 2.31. The number of nitrogens with one attached hydrogen (secondary N) is 1. The number of benzene rings is 1. The van der Waals surface area contributed by atoms with Crippen LogP contribution in [0.3, 0.4) is 0 Å². The number of hydrogen-bond donors (Lipinski definition) is 1. The van der Waals surface area contributed by atoms with Crippen molar-refractivity contribution in [2.45, 2.75) is 26.2 Å². The van der Waals surface area contributed by atoms with Gasteiger partial charge in [-0.15, -0.1) is 0 Å². The Kier molecular flexibility index (Phi) is 5.97. The van der Waals surface area contributed by atoms with Crippen LogP contribution in [0.15, 0.2) is 30.3 Å². The number of sulfonamides is 1. The minimum absolute atomic E-state index is 0.0608. The molecule has 0 atom stereocenters. The van der Waals surface area contributed by atoms with Crippen LogP contribution < -0.4 is 4.72 Å². The third-order valence-electron chi connectivity index (χ3n) is 3.99. The molecule has 0 aromatic heterocycles. The molecule has 0 saturated carbocycles. The van der Waals surface area contributed by atoms with Gasteiger partial charge in [0.25, 0.3) is 5.91 Å². The zero-order valence-electron chi connectivity index (χ0n) is 13.0. The van der Waals surface area contributed by atoms with Gasteiger partial charge in [0.15, 0.2) is 0 Å². The van der Waals surface area contributed by atoms with Crippen molar-refractivity contribution in [1.82, 2.24) is 9.62 Å². The maximum atomic E-state index is 12.3. The zero-order chi connectivity index (χ0) is 16.0. The molecular weight excluding hydrogens is 300 g/mol. The van der Waals surface area contributed by atoms with Gasteiger partial charge in [-0.05, 0) is 37.3 Å². The molecule has 0 bridgehead atoms. The molecule has 2 rings (SSSR count). The molecule has 1 aromatic rings. The molecule has 1 aliphatic heterocycles. The van der Waals surface area contributed by atoms with Crippen molar-refractivity contribution in [1.29, 1.82) is 0 Å². The largest absolute Gasteiger partial charge is 0.339 e.